The predicted molar refractivity (Wildman–Crippen MR) is 100 cm³/mol. The van der Waals surface area contributed by atoms with Crippen molar-refractivity contribution in [2.75, 3.05) is 6.61 Å². The average Bonchev–Trinajstić information content (AvgIpc) is 2.57. The maximum Gasteiger partial charge on any atom is 0.112 e. The van der Waals surface area contributed by atoms with E-state index in [4.69, 9.17) is 4.74 Å². The summed E-state index contributed by atoms with van der Waals surface area (Å²) < 4.78 is 5.42. The Bertz CT molecular complexity index is 415. The SMILES string of the molecule is C=C(/C=C\C(=C/C)C1CCC(C2CCC(C)CC2)CC1)OCC. The van der Waals surface area contributed by atoms with Gasteiger partial charge < -0.3 is 4.74 Å². The van der Waals surface area contributed by atoms with Gasteiger partial charge in [-0.25, -0.2) is 0 Å². The first-order chi connectivity index (χ1) is 11.1. The Morgan fingerprint density at radius 2 is 1.52 bits per heavy atom. The van der Waals surface area contributed by atoms with E-state index >= 15 is 0 Å². The Hall–Kier alpha value is -0.980. The molecule has 0 heterocycles. The highest BCUT2D eigenvalue weighted by molar-refractivity contribution is 5.26. The van der Waals surface area contributed by atoms with E-state index in [-0.39, 0.29) is 0 Å². The van der Waals surface area contributed by atoms with Gasteiger partial charge in [-0.3, -0.25) is 0 Å². The summed E-state index contributed by atoms with van der Waals surface area (Å²) in [6.45, 7) is 11.2. The number of rotatable bonds is 6. The highest BCUT2D eigenvalue weighted by Gasteiger charge is 2.30. The van der Waals surface area contributed by atoms with Gasteiger partial charge in [0.2, 0.25) is 0 Å². The van der Waals surface area contributed by atoms with Gasteiger partial charge in [0.05, 0.1) is 6.61 Å². The molecule has 0 atom stereocenters. The van der Waals surface area contributed by atoms with Gasteiger partial charge in [-0.1, -0.05) is 38.5 Å². The van der Waals surface area contributed by atoms with E-state index in [1.807, 2.05) is 13.0 Å². The fraction of sp³-hybridized carbons (Fsp3) is 0.727. The van der Waals surface area contributed by atoms with Crippen LogP contribution in [0.3, 0.4) is 0 Å². The predicted octanol–water partition coefficient (Wildman–Crippen LogP) is 6.67. The molecule has 0 aliphatic heterocycles. The quantitative estimate of drug-likeness (QED) is 0.392. The molecular weight excluding hydrogens is 280 g/mol. The maximum atomic E-state index is 5.42. The Labute approximate surface area is 143 Å². The summed E-state index contributed by atoms with van der Waals surface area (Å²) in [4.78, 5) is 0. The Balaban J connectivity index is 1.81. The molecule has 2 saturated carbocycles. The lowest BCUT2D eigenvalue weighted by molar-refractivity contribution is 0.159. The molecule has 1 heteroatoms. The molecule has 0 saturated heterocycles. The van der Waals surface area contributed by atoms with Gasteiger partial charge in [0.25, 0.3) is 0 Å². The van der Waals surface area contributed by atoms with Crippen LogP contribution in [0.2, 0.25) is 0 Å². The lowest BCUT2D eigenvalue weighted by Gasteiger charge is -2.37. The summed E-state index contributed by atoms with van der Waals surface area (Å²) in [5, 5.41) is 0. The third-order valence-corrected chi connectivity index (χ3v) is 6.10. The smallest absolute Gasteiger partial charge is 0.112 e. The van der Waals surface area contributed by atoms with E-state index < -0.39 is 0 Å². The van der Waals surface area contributed by atoms with Gasteiger partial charge in [0.1, 0.15) is 5.76 Å². The molecule has 0 amide bonds. The molecule has 2 aliphatic carbocycles. The largest absolute Gasteiger partial charge is 0.495 e. The summed E-state index contributed by atoms with van der Waals surface area (Å²) in [7, 11) is 0. The zero-order valence-electron chi connectivity index (χ0n) is 15.5. The monoisotopic (exact) mass is 316 g/mol. The van der Waals surface area contributed by atoms with Crippen LogP contribution >= 0.6 is 0 Å². The third-order valence-electron chi connectivity index (χ3n) is 6.10. The molecule has 0 radical (unpaired) electrons. The fourth-order valence-electron chi connectivity index (χ4n) is 4.57. The molecule has 2 aliphatic rings. The zero-order valence-corrected chi connectivity index (χ0v) is 15.5. The van der Waals surface area contributed by atoms with Crippen LogP contribution < -0.4 is 0 Å². The van der Waals surface area contributed by atoms with Crippen molar-refractivity contribution >= 4 is 0 Å². The second kappa shape index (κ2) is 9.35. The fourth-order valence-corrected chi connectivity index (χ4v) is 4.57. The van der Waals surface area contributed by atoms with Crippen molar-refractivity contribution in [1.29, 1.82) is 0 Å². The van der Waals surface area contributed by atoms with Gasteiger partial charge in [-0.15, -0.1) is 0 Å². The third kappa shape index (κ3) is 5.55. The number of hydrogen-bond donors (Lipinski definition) is 0. The second-order valence-corrected chi connectivity index (χ2v) is 7.65. The maximum absolute atomic E-state index is 5.42. The van der Waals surface area contributed by atoms with Crippen LogP contribution in [-0.4, -0.2) is 6.61 Å². The second-order valence-electron chi connectivity index (χ2n) is 7.65. The highest BCUT2D eigenvalue weighted by Crippen LogP contribution is 2.42. The van der Waals surface area contributed by atoms with Crippen LogP contribution in [0.5, 0.6) is 0 Å². The van der Waals surface area contributed by atoms with Crippen LogP contribution in [0.15, 0.2) is 36.1 Å². The number of hydrogen-bond acceptors (Lipinski definition) is 1. The lowest BCUT2D eigenvalue weighted by atomic mass is 9.68. The van der Waals surface area contributed by atoms with Gasteiger partial charge in [0.15, 0.2) is 0 Å². The molecule has 0 unspecified atom stereocenters. The van der Waals surface area contributed by atoms with Crippen molar-refractivity contribution < 1.29 is 4.74 Å². The van der Waals surface area contributed by atoms with Crippen LogP contribution in [0.4, 0.5) is 0 Å². The molecular formula is C22H36O. The molecule has 0 N–H and O–H groups in total. The highest BCUT2D eigenvalue weighted by atomic mass is 16.5. The minimum atomic E-state index is 0.694. The first-order valence-corrected chi connectivity index (χ1v) is 9.80. The van der Waals surface area contributed by atoms with Gasteiger partial charge >= 0.3 is 0 Å². The summed E-state index contributed by atoms with van der Waals surface area (Å²) >= 11 is 0. The van der Waals surface area contributed by atoms with E-state index in [0.717, 1.165) is 29.4 Å². The van der Waals surface area contributed by atoms with Gasteiger partial charge in [-0.2, -0.15) is 0 Å². The first kappa shape index (κ1) is 18.4. The normalized spacial score (nSPS) is 32.9. The van der Waals surface area contributed by atoms with Crippen molar-refractivity contribution in [1.82, 2.24) is 0 Å². The van der Waals surface area contributed by atoms with Crippen molar-refractivity contribution in [3.8, 4) is 0 Å². The minimum Gasteiger partial charge on any atom is -0.495 e. The molecule has 0 bridgehead atoms. The molecule has 2 rings (SSSR count). The van der Waals surface area contributed by atoms with E-state index in [1.54, 1.807) is 0 Å². The van der Waals surface area contributed by atoms with Crippen LogP contribution in [0.25, 0.3) is 0 Å². The van der Waals surface area contributed by atoms with Crippen molar-refractivity contribution in [3.63, 3.8) is 0 Å². The summed E-state index contributed by atoms with van der Waals surface area (Å²) in [6, 6.07) is 0. The number of ether oxygens (including phenoxy) is 1. The molecule has 1 nitrogen and oxygen atoms in total. The van der Waals surface area contributed by atoms with Crippen LogP contribution in [-0.2, 0) is 4.74 Å². The molecule has 0 spiro atoms. The Morgan fingerprint density at radius 1 is 0.957 bits per heavy atom. The van der Waals surface area contributed by atoms with Gasteiger partial charge in [-0.05, 0) is 87.7 Å². The van der Waals surface area contributed by atoms with E-state index in [2.05, 4.69) is 32.6 Å². The lowest BCUT2D eigenvalue weighted by Crippen LogP contribution is -2.25. The van der Waals surface area contributed by atoms with E-state index in [9.17, 15) is 0 Å². The first-order valence-electron chi connectivity index (χ1n) is 9.80. The van der Waals surface area contributed by atoms with Crippen molar-refractivity contribution in [2.24, 2.45) is 23.7 Å². The van der Waals surface area contributed by atoms with Crippen LogP contribution in [0.1, 0.15) is 72.1 Å². The average molecular weight is 317 g/mol. The van der Waals surface area contributed by atoms with Gasteiger partial charge in [0, 0.05) is 0 Å². The molecule has 23 heavy (non-hydrogen) atoms. The summed E-state index contributed by atoms with van der Waals surface area (Å²) in [5.41, 5.74) is 1.47. The van der Waals surface area contributed by atoms with E-state index in [1.165, 1.54) is 56.9 Å². The summed E-state index contributed by atoms with van der Waals surface area (Å²) in [6.07, 6.45) is 18.0. The Kier molecular flexibility index (Phi) is 7.46. The minimum absolute atomic E-state index is 0.694. The molecule has 0 aromatic heterocycles. The Morgan fingerprint density at radius 3 is 2.04 bits per heavy atom. The van der Waals surface area contributed by atoms with Crippen molar-refractivity contribution in [2.45, 2.75) is 72.1 Å². The van der Waals surface area contributed by atoms with E-state index in [0.29, 0.717) is 6.61 Å². The summed E-state index contributed by atoms with van der Waals surface area (Å²) in [5.74, 6) is 4.51. The molecule has 0 aromatic rings. The van der Waals surface area contributed by atoms with Crippen LogP contribution in [0, 0.1) is 23.7 Å². The van der Waals surface area contributed by atoms with Crippen molar-refractivity contribution in [3.05, 3.63) is 36.1 Å². The molecule has 2 fully saturated rings. The molecule has 0 aromatic carbocycles. The standard InChI is InChI=1S/C22H36O/c1-5-19(12-9-18(4)23-6-2)20-13-15-22(16-14-20)21-10-7-17(3)8-11-21/h5,9,12,17,20-22H,4,6-8,10-11,13-16H2,1-3H3/b12-9-,19-5+. The number of allylic oxidation sites excluding steroid dienone is 4. The molecule has 130 valence electrons. The topological polar surface area (TPSA) is 9.23 Å². The zero-order chi connectivity index (χ0) is 16.7.